The summed E-state index contributed by atoms with van der Waals surface area (Å²) in [5.41, 5.74) is 3.35. The zero-order valence-corrected chi connectivity index (χ0v) is 19.0. The van der Waals surface area contributed by atoms with Gasteiger partial charge in [0.15, 0.2) is 6.29 Å². The Kier molecular flexibility index (Phi) is 9.04. The molecule has 1 heterocycles. The van der Waals surface area contributed by atoms with Crippen molar-refractivity contribution in [1.29, 1.82) is 0 Å². The lowest BCUT2D eigenvalue weighted by atomic mass is 10.0. The third-order valence-corrected chi connectivity index (χ3v) is 5.73. The van der Waals surface area contributed by atoms with E-state index in [0.717, 1.165) is 16.7 Å². The van der Waals surface area contributed by atoms with Crippen molar-refractivity contribution < 1.29 is 23.7 Å². The van der Waals surface area contributed by atoms with Gasteiger partial charge in [0.05, 0.1) is 32.5 Å². The number of rotatable bonds is 11. The van der Waals surface area contributed by atoms with E-state index in [1.54, 1.807) is 7.11 Å². The molecule has 0 aromatic heterocycles. The molecule has 0 saturated carbocycles. The summed E-state index contributed by atoms with van der Waals surface area (Å²) in [6.07, 6.45) is -0.545. The second-order valence-corrected chi connectivity index (χ2v) is 8.17. The van der Waals surface area contributed by atoms with Gasteiger partial charge in [-0.1, -0.05) is 91.0 Å². The first-order valence-corrected chi connectivity index (χ1v) is 11.4. The molecule has 0 amide bonds. The van der Waals surface area contributed by atoms with Crippen molar-refractivity contribution in [1.82, 2.24) is 0 Å². The zero-order chi connectivity index (χ0) is 22.7. The summed E-state index contributed by atoms with van der Waals surface area (Å²) in [7, 11) is 1.66. The van der Waals surface area contributed by atoms with Crippen molar-refractivity contribution in [3.63, 3.8) is 0 Å². The zero-order valence-electron chi connectivity index (χ0n) is 19.0. The van der Waals surface area contributed by atoms with Crippen LogP contribution < -0.4 is 0 Å². The van der Waals surface area contributed by atoms with E-state index in [1.165, 1.54) is 0 Å². The van der Waals surface area contributed by atoms with Crippen LogP contribution in [0, 0.1) is 0 Å². The van der Waals surface area contributed by atoms with E-state index in [0.29, 0.717) is 32.8 Å². The summed E-state index contributed by atoms with van der Waals surface area (Å²) < 4.78 is 30.5. The van der Waals surface area contributed by atoms with E-state index in [-0.39, 0.29) is 24.6 Å². The Morgan fingerprint density at radius 3 is 1.76 bits per heavy atom. The van der Waals surface area contributed by atoms with E-state index in [2.05, 4.69) is 36.4 Å². The molecule has 33 heavy (non-hydrogen) atoms. The Morgan fingerprint density at radius 1 is 0.697 bits per heavy atom. The van der Waals surface area contributed by atoms with Crippen LogP contribution >= 0.6 is 0 Å². The molecule has 1 aliphatic heterocycles. The van der Waals surface area contributed by atoms with Crippen LogP contribution in [0.1, 0.15) is 23.1 Å². The van der Waals surface area contributed by atoms with Crippen molar-refractivity contribution in [2.75, 3.05) is 13.7 Å². The van der Waals surface area contributed by atoms with Crippen molar-refractivity contribution in [2.24, 2.45) is 0 Å². The fourth-order valence-corrected chi connectivity index (χ4v) is 3.97. The lowest BCUT2D eigenvalue weighted by Gasteiger charge is -2.41. The minimum absolute atomic E-state index is 0.182. The number of hydrogen-bond donors (Lipinski definition) is 0. The van der Waals surface area contributed by atoms with Gasteiger partial charge in [0, 0.05) is 13.5 Å². The van der Waals surface area contributed by atoms with Gasteiger partial charge in [0.25, 0.3) is 0 Å². The van der Waals surface area contributed by atoms with E-state index in [4.69, 9.17) is 23.7 Å². The summed E-state index contributed by atoms with van der Waals surface area (Å²) in [4.78, 5) is 0. The Morgan fingerprint density at radius 2 is 1.21 bits per heavy atom. The quantitative estimate of drug-likeness (QED) is 0.407. The molecule has 0 aliphatic carbocycles. The molecule has 4 atom stereocenters. The summed E-state index contributed by atoms with van der Waals surface area (Å²) in [6, 6.07) is 30.4. The average molecular weight is 449 g/mol. The number of methoxy groups -OCH3 is 1. The highest BCUT2D eigenvalue weighted by Gasteiger charge is 2.40. The lowest BCUT2D eigenvalue weighted by Crippen LogP contribution is -2.52. The van der Waals surface area contributed by atoms with Crippen LogP contribution in [0.3, 0.4) is 0 Å². The number of hydrogen-bond acceptors (Lipinski definition) is 5. The minimum atomic E-state index is -0.368. The molecular formula is C28H32O5. The summed E-state index contributed by atoms with van der Waals surface area (Å²) >= 11 is 0. The molecule has 0 unspecified atom stereocenters. The largest absolute Gasteiger partial charge is 0.374 e. The summed E-state index contributed by atoms with van der Waals surface area (Å²) in [6.45, 7) is 1.89. The van der Waals surface area contributed by atoms with Crippen LogP contribution in [0.15, 0.2) is 91.0 Å². The van der Waals surface area contributed by atoms with Crippen LogP contribution in [0.4, 0.5) is 0 Å². The minimum Gasteiger partial charge on any atom is -0.374 e. The third-order valence-electron chi connectivity index (χ3n) is 5.73. The Labute approximate surface area is 196 Å². The second-order valence-electron chi connectivity index (χ2n) is 8.17. The first-order valence-electron chi connectivity index (χ1n) is 11.4. The molecule has 3 aromatic carbocycles. The van der Waals surface area contributed by atoms with Gasteiger partial charge < -0.3 is 23.7 Å². The molecule has 5 heteroatoms. The molecule has 174 valence electrons. The van der Waals surface area contributed by atoms with E-state index in [9.17, 15) is 0 Å². The van der Waals surface area contributed by atoms with Crippen LogP contribution in [-0.4, -0.2) is 38.3 Å². The standard InChI is InChI=1S/C28H32O5/c1-29-27-17-25(31-19-23-13-7-3-8-14-23)28(32-20-24-15-9-4-10-16-24)26(33-27)21-30-18-22-11-5-2-6-12-22/h2-16,25-28H,17-21H2,1H3/t25-,26-,27-,28-/m1/s1. The van der Waals surface area contributed by atoms with Gasteiger partial charge in [-0.05, 0) is 16.7 Å². The topological polar surface area (TPSA) is 46.2 Å². The van der Waals surface area contributed by atoms with Crippen LogP contribution in [0.25, 0.3) is 0 Å². The van der Waals surface area contributed by atoms with E-state index < -0.39 is 0 Å². The Hall–Kier alpha value is -2.54. The first kappa shape index (κ1) is 23.6. The van der Waals surface area contributed by atoms with Crippen LogP contribution in [0.5, 0.6) is 0 Å². The van der Waals surface area contributed by atoms with Crippen molar-refractivity contribution in [3.8, 4) is 0 Å². The normalized spacial score (nSPS) is 22.8. The Bertz CT molecular complexity index is 919. The average Bonchev–Trinajstić information content (AvgIpc) is 2.88. The molecule has 1 saturated heterocycles. The van der Waals surface area contributed by atoms with Gasteiger partial charge in [-0.25, -0.2) is 0 Å². The van der Waals surface area contributed by atoms with Crippen molar-refractivity contribution in [2.45, 2.75) is 50.8 Å². The molecule has 0 spiro atoms. The highest BCUT2D eigenvalue weighted by atomic mass is 16.7. The highest BCUT2D eigenvalue weighted by molar-refractivity contribution is 5.15. The third kappa shape index (κ3) is 7.22. The fraction of sp³-hybridized carbons (Fsp3) is 0.357. The van der Waals surface area contributed by atoms with Crippen molar-refractivity contribution >= 4 is 0 Å². The van der Waals surface area contributed by atoms with E-state index in [1.807, 2.05) is 54.6 Å². The lowest BCUT2D eigenvalue weighted by molar-refractivity contribution is -0.272. The molecule has 5 nitrogen and oxygen atoms in total. The predicted octanol–water partition coefficient (Wildman–Crippen LogP) is 5.14. The molecule has 0 radical (unpaired) electrons. The van der Waals surface area contributed by atoms with Gasteiger partial charge in [-0.15, -0.1) is 0 Å². The maximum absolute atomic E-state index is 6.39. The van der Waals surface area contributed by atoms with E-state index >= 15 is 0 Å². The van der Waals surface area contributed by atoms with Gasteiger partial charge >= 0.3 is 0 Å². The molecule has 3 aromatic rings. The van der Waals surface area contributed by atoms with Crippen LogP contribution in [-0.2, 0) is 43.5 Å². The SMILES string of the molecule is CO[C@H]1C[C@@H](OCc2ccccc2)[C@@H](OCc2ccccc2)[C@@H](COCc2ccccc2)O1. The highest BCUT2D eigenvalue weighted by Crippen LogP contribution is 2.28. The second kappa shape index (κ2) is 12.6. The predicted molar refractivity (Wildman–Crippen MR) is 126 cm³/mol. The van der Waals surface area contributed by atoms with Gasteiger partial charge in [0.2, 0.25) is 0 Å². The molecule has 0 N–H and O–H groups in total. The summed E-state index contributed by atoms with van der Waals surface area (Å²) in [5.74, 6) is 0. The summed E-state index contributed by atoms with van der Waals surface area (Å²) in [5, 5.41) is 0. The first-order chi connectivity index (χ1) is 16.3. The van der Waals surface area contributed by atoms with Gasteiger partial charge in [0.1, 0.15) is 12.2 Å². The molecular weight excluding hydrogens is 416 g/mol. The van der Waals surface area contributed by atoms with Crippen LogP contribution in [0.2, 0.25) is 0 Å². The smallest absolute Gasteiger partial charge is 0.160 e. The monoisotopic (exact) mass is 448 g/mol. The maximum atomic E-state index is 6.39. The van der Waals surface area contributed by atoms with Crippen molar-refractivity contribution in [3.05, 3.63) is 108 Å². The molecule has 0 bridgehead atoms. The number of benzene rings is 3. The maximum Gasteiger partial charge on any atom is 0.160 e. The molecule has 1 aliphatic rings. The molecule has 1 fully saturated rings. The Balaban J connectivity index is 1.44. The number of ether oxygens (including phenoxy) is 5. The van der Waals surface area contributed by atoms with Gasteiger partial charge in [-0.2, -0.15) is 0 Å². The fourth-order valence-electron chi connectivity index (χ4n) is 3.97. The van der Waals surface area contributed by atoms with Gasteiger partial charge in [-0.3, -0.25) is 0 Å². The molecule has 4 rings (SSSR count).